The van der Waals surface area contributed by atoms with E-state index in [4.69, 9.17) is 4.74 Å². The van der Waals surface area contributed by atoms with E-state index >= 15 is 0 Å². The van der Waals surface area contributed by atoms with Crippen molar-refractivity contribution >= 4 is 0 Å². The molecule has 4 heteroatoms. The Morgan fingerprint density at radius 3 is 2.59 bits per heavy atom. The van der Waals surface area contributed by atoms with E-state index in [2.05, 4.69) is 44.4 Å². The molecule has 0 bridgehead atoms. The van der Waals surface area contributed by atoms with Crippen LogP contribution in [0.15, 0.2) is 35.5 Å². The molecule has 0 radical (unpaired) electrons. The highest BCUT2D eigenvalue weighted by atomic mass is 16.5. The Hall–Kier alpha value is -1.38. The Balaban J connectivity index is 1.81. The Bertz CT molecular complexity index is 855. The van der Waals surface area contributed by atoms with Crippen LogP contribution >= 0.6 is 0 Å². The Kier molecular flexibility index (Phi) is 8.90. The summed E-state index contributed by atoms with van der Waals surface area (Å²) in [5.74, 6) is 7.74. The number of rotatable bonds is 6. The predicted molar refractivity (Wildman–Crippen MR) is 138 cm³/mol. The van der Waals surface area contributed by atoms with Crippen LogP contribution in [-0.4, -0.2) is 46.3 Å². The van der Waals surface area contributed by atoms with Gasteiger partial charge in [0.2, 0.25) is 0 Å². The lowest BCUT2D eigenvalue weighted by atomic mass is 9.60. The third-order valence-electron chi connectivity index (χ3n) is 9.29. The lowest BCUT2D eigenvalue weighted by Crippen LogP contribution is -2.39. The smallest absolute Gasteiger partial charge is 0.125 e. The van der Waals surface area contributed by atoms with Crippen LogP contribution in [0.5, 0.6) is 0 Å². The summed E-state index contributed by atoms with van der Waals surface area (Å²) >= 11 is 0. The first-order chi connectivity index (χ1) is 16.1. The topological polar surface area (TPSA) is 69.9 Å². The molecule has 0 spiro atoms. The van der Waals surface area contributed by atoms with Crippen molar-refractivity contribution in [2.75, 3.05) is 7.11 Å². The van der Waals surface area contributed by atoms with Gasteiger partial charge in [-0.25, -0.2) is 0 Å². The number of aliphatic hydroxyl groups is 3. The molecular formula is C30H46O4. The fourth-order valence-electron chi connectivity index (χ4n) is 6.86. The number of hydrogen-bond acceptors (Lipinski definition) is 4. The maximum absolute atomic E-state index is 10.6. The van der Waals surface area contributed by atoms with Crippen LogP contribution in [-0.2, 0) is 4.74 Å². The normalized spacial score (nSPS) is 36.2. The van der Waals surface area contributed by atoms with Gasteiger partial charge in [0.1, 0.15) is 11.7 Å². The molecule has 3 N–H and O–H groups in total. The minimum Gasteiger partial charge on any atom is -0.393 e. The van der Waals surface area contributed by atoms with Gasteiger partial charge in [-0.15, -0.1) is 0 Å². The van der Waals surface area contributed by atoms with Crippen molar-refractivity contribution in [3.63, 3.8) is 0 Å². The Labute approximate surface area is 207 Å². The summed E-state index contributed by atoms with van der Waals surface area (Å²) in [6, 6.07) is 0. The van der Waals surface area contributed by atoms with Gasteiger partial charge in [0.05, 0.1) is 12.2 Å². The molecule has 0 amide bonds. The summed E-state index contributed by atoms with van der Waals surface area (Å²) in [6.07, 6.45) is 11.0. The maximum atomic E-state index is 10.6. The summed E-state index contributed by atoms with van der Waals surface area (Å²) in [6.45, 7) is 12.7. The molecule has 3 rings (SSSR count). The van der Waals surface area contributed by atoms with E-state index in [9.17, 15) is 15.3 Å². The quantitative estimate of drug-likeness (QED) is 0.459. The van der Waals surface area contributed by atoms with Crippen molar-refractivity contribution in [1.29, 1.82) is 0 Å². The highest BCUT2D eigenvalue weighted by Gasteiger charge is 2.51. The second kappa shape index (κ2) is 11.1. The molecule has 0 unspecified atom stereocenters. The number of fused-ring (bicyclic) bond motifs is 1. The molecule has 190 valence electrons. The van der Waals surface area contributed by atoms with Gasteiger partial charge in [-0.1, -0.05) is 63.8 Å². The van der Waals surface area contributed by atoms with Gasteiger partial charge in [0, 0.05) is 13.5 Å². The standard InChI is InChI=1S/C30H46O4/c1-7-30(33,8-2)17-15-28(34-6)21(4)25-13-14-26-22(10-9-16-29(25,26)5)11-12-23-18-24(31)19-27(32)20(23)3/h11-12,21,24-28,31-33H,3,7-10,13-14,16,18-19H2,1-2,4-6H3/b22-11+,23-12-/t21-,24+,25+,26-,27-,28-,29+/m0/s1. The molecule has 0 saturated heterocycles. The molecule has 0 aromatic rings. The summed E-state index contributed by atoms with van der Waals surface area (Å²) in [5.41, 5.74) is 2.48. The summed E-state index contributed by atoms with van der Waals surface area (Å²) in [7, 11) is 1.74. The van der Waals surface area contributed by atoms with Crippen LogP contribution in [0, 0.1) is 35.0 Å². The molecule has 3 fully saturated rings. The molecule has 0 heterocycles. The van der Waals surface area contributed by atoms with Gasteiger partial charge in [-0.3, -0.25) is 0 Å². The molecule has 4 nitrogen and oxygen atoms in total. The van der Waals surface area contributed by atoms with Gasteiger partial charge in [-0.2, -0.15) is 0 Å². The second-order valence-electron chi connectivity index (χ2n) is 11.2. The number of methoxy groups -OCH3 is 1. The zero-order chi connectivity index (χ0) is 25.1. The van der Waals surface area contributed by atoms with Crippen molar-refractivity contribution in [1.82, 2.24) is 0 Å². The van der Waals surface area contributed by atoms with Crippen molar-refractivity contribution in [2.45, 2.75) is 109 Å². The van der Waals surface area contributed by atoms with E-state index in [-0.39, 0.29) is 17.4 Å². The third kappa shape index (κ3) is 5.54. The van der Waals surface area contributed by atoms with Crippen molar-refractivity contribution in [2.24, 2.45) is 23.2 Å². The summed E-state index contributed by atoms with van der Waals surface area (Å²) in [4.78, 5) is 0. The number of allylic oxidation sites excluding steroid dienone is 3. The van der Waals surface area contributed by atoms with Crippen molar-refractivity contribution in [3.8, 4) is 11.8 Å². The number of hydrogen-bond donors (Lipinski definition) is 3. The van der Waals surface area contributed by atoms with Crippen LogP contribution in [0.4, 0.5) is 0 Å². The van der Waals surface area contributed by atoms with Gasteiger partial charge in [0.25, 0.3) is 0 Å². The predicted octanol–water partition coefficient (Wildman–Crippen LogP) is 5.33. The first kappa shape index (κ1) is 27.2. The second-order valence-corrected chi connectivity index (χ2v) is 11.2. The fourth-order valence-corrected chi connectivity index (χ4v) is 6.86. The van der Waals surface area contributed by atoms with Crippen LogP contribution in [0.2, 0.25) is 0 Å². The highest BCUT2D eigenvalue weighted by Crippen LogP contribution is 2.59. The van der Waals surface area contributed by atoms with E-state index in [0.29, 0.717) is 37.5 Å². The molecule has 0 aliphatic heterocycles. The molecule has 0 aromatic carbocycles. The third-order valence-corrected chi connectivity index (χ3v) is 9.29. The molecule has 0 aromatic heterocycles. The SMILES string of the molecule is C=C1/C(=C\C=C2/CCC[C@]3(C)[C@@H]([C@H](C)[C@H](C#CC(O)(CC)CC)OC)CC[C@@H]23)C[C@@H](O)C[C@@H]1O. The van der Waals surface area contributed by atoms with E-state index in [0.717, 1.165) is 24.0 Å². The average Bonchev–Trinajstić information content (AvgIpc) is 3.17. The number of ether oxygens (including phenoxy) is 1. The summed E-state index contributed by atoms with van der Waals surface area (Å²) < 4.78 is 5.85. The molecule has 3 saturated carbocycles. The van der Waals surface area contributed by atoms with Gasteiger partial charge >= 0.3 is 0 Å². The monoisotopic (exact) mass is 470 g/mol. The molecule has 3 aliphatic carbocycles. The Morgan fingerprint density at radius 2 is 1.94 bits per heavy atom. The lowest BCUT2D eigenvalue weighted by molar-refractivity contribution is 0.0224. The maximum Gasteiger partial charge on any atom is 0.125 e. The molecule has 7 atom stereocenters. The molecule has 3 aliphatic rings. The highest BCUT2D eigenvalue weighted by molar-refractivity contribution is 5.38. The van der Waals surface area contributed by atoms with Gasteiger partial charge in [0.15, 0.2) is 0 Å². The van der Waals surface area contributed by atoms with Crippen LogP contribution in [0.25, 0.3) is 0 Å². The first-order valence-corrected chi connectivity index (χ1v) is 13.3. The molecule has 34 heavy (non-hydrogen) atoms. The van der Waals surface area contributed by atoms with E-state index < -0.39 is 17.8 Å². The average molecular weight is 471 g/mol. The van der Waals surface area contributed by atoms with Crippen LogP contribution in [0.1, 0.15) is 85.5 Å². The zero-order valence-electron chi connectivity index (χ0n) is 21.9. The van der Waals surface area contributed by atoms with Gasteiger partial charge < -0.3 is 20.1 Å². The number of aliphatic hydroxyl groups excluding tert-OH is 2. The molecular weight excluding hydrogens is 424 g/mol. The fraction of sp³-hybridized carbons (Fsp3) is 0.733. The minimum atomic E-state index is -0.933. The van der Waals surface area contributed by atoms with Crippen LogP contribution < -0.4 is 0 Å². The van der Waals surface area contributed by atoms with Crippen molar-refractivity contribution in [3.05, 3.63) is 35.5 Å². The van der Waals surface area contributed by atoms with E-state index in [1.54, 1.807) is 7.11 Å². The van der Waals surface area contributed by atoms with Crippen LogP contribution in [0.3, 0.4) is 0 Å². The summed E-state index contributed by atoms with van der Waals surface area (Å²) in [5, 5.41) is 30.9. The Morgan fingerprint density at radius 1 is 1.24 bits per heavy atom. The minimum absolute atomic E-state index is 0.185. The van der Waals surface area contributed by atoms with Gasteiger partial charge in [-0.05, 0) is 85.7 Å². The van der Waals surface area contributed by atoms with E-state index in [1.807, 2.05) is 13.8 Å². The zero-order valence-corrected chi connectivity index (χ0v) is 21.9. The van der Waals surface area contributed by atoms with E-state index in [1.165, 1.54) is 24.8 Å². The van der Waals surface area contributed by atoms with Crippen molar-refractivity contribution < 1.29 is 20.1 Å². The lowest BCUT2D eigenvalue weighted by Gasteiger charge is -2.45. The largest absolute Gasteiger partial charge is 0.393 e. The first-order valence-electron chi connectivity index (χ1n) is 13.3.